The van der Waals surface area contributed by atoms with Gasteiger partial charge in [-0.2, -0.15) is 0 Å². The summed E-state index contributed by atoms with van der Waals surface area (Å²) in [4.78, 5) is 0. The molecule has 1 aliphatic heterocycles. The van der Waals surface area contributed by atoms with E-state index in [4.69, 9.17) is 12.2 Å². The number of hydrogen-bond donors (Lipinski definition) is 2. The number of nitrogens with one attached hydrogen (secondary N) is 2. The van der Waals surface area contributed by atoms with Crippen molar-refractivity contribution in [2.75, 3.05) is 5.01 Å². The molecule has 0 aromatic heterocycles. The minimum absolute atomic E-state index is 0.109. The first-order valence-corrected chi connectivity index (χ1v) is 7.46. The van der Waals surface area contributed by atoms with Gasteiger partial charge in [0.05, 0.1) is 5.69 Å². The molecule has 0 saturated carbocycles. The number of hydrazine groups is 1. The molecule has 1 heterocycles. The summed E-state index contributed by atoms with van der Waals surface area (Å²) in [5, 5.41) is 6.22. The molecule has 2 N–H and O–H groups in total. The summed E-state index contributed by atoms with van der Waals surface area (Å²) >= 11 is 5.48. The third-order valence-electron chi connectivity index (χ3n) is 3.89. The average molecular weight is 277 g/mol. The van der Waals surface area contributed by atoms with Crippen molar-refractivity contribution in [3.8, 4) is 0 Å². The van der Waals surface area contributed by atoms with E-state index in [1.165, 1.54) is 6.42 Å². The smallest absolute Gasteiger partial charge is 0.189 e. The SMILES string of the molecule is CCC(C)CC1(CC)NC(=S)N(c2ccccc2)N1. The Morgan fingerprint density at radius 2 is 1.95 bits per heavy atom. The first-order chi connectivity index (χ1) is 9.10. The second-order valence-electron chi connectivity index (χ2n) is 5.37. The summed E-state index contributed by atoms with van der Waals surface area (Å²) in [6.07, 6.45) is 3.26. The lowest BCUT2D eigenvalue weighted by molar-refractivity contribution is 0.255. The molecule has 0 bridgehead atoms. The number of rotatable bonds is 5. The van der Waals surface area contributed by atoms with Gasteiger partial charge in [0, 0.05) is 0 Å². The molecule has 1 aromatic carbocycles. The van der Waals surface area contributed by atoms with Crippen molar-refractivity contribution in [3.63, 3.8) is 0 Å². The lowest BCUT2D eigenvalue weighted by Gasteiger charge is -2.31. The van der Waals surface area contributed by atoms with Crippen LogP contribution in [0.25, 0.3) is 0 Å². The maximum absolute atomic E-state index is 5.48. The highest BCUT2D eigenvalue weighted by molar-refractivity contribution is 7.80. The van der Waals surface area contributed by atoms with Gasteiger partial charge >= 0.3 is 0 Å². The number of benzene rings is 1. The Hall–Kier alpha value is -1.13. The highest BCUT2D eigenvalue weighted by atomic mass is 32.1. The fourth-order valence-electron chi connectivity index (χ4n) is 2.46. The largest absolute Gasteiger partial charge is 0.342 e. The first-order valence-electron chi connectivity index (χ1n) is 7.05. The van der Waals surface area contributed by atoms with E-state index in [1.54, 1.807) is 0 Å². The predicted octanol–water partition coefficient (Wildman–Crippen LogP) is 3.43. The molecule has 0 amide bonds. The summed E-state index contributed by atoms with van der Waals surface area (Å²) < 4.78 is 0. The van der Waals surface area contributed by atoms with Gasteiger partial charge < -0.3 is 5.32 Å². The molecule has 1 saturated heterocycles. The molecule has 1 aromatic rings. The van der Waals surface area contributed by atoms with Crippen LogP contribution in [0.2, 0.25) is 0 Å². The van der Waals surface area contributed by atoms with Gasteiger partial charge in [-0.3, -0.25) is 5.01 Å². The first kappa shape index (κ1) is 14.3. The molecule has 1 aliphatic rings. The Labute approximate surface area is 121 Å². The summed E-state index contributed by atoms with van der Waals surface area (Å²) in [6.45, 7) is 6.71. The van der Waals surface area contributed by atoms with E-state index in [0.29, 0.717) is 5.92 Å². The van der Waals surface area contributed by atoms with Crippen LogP contribution in [-0.2, 0) is 0 Å². The Morgan fingerprint density at radius 3 is 2.53 bits per heavy atom. The number of hydrogen-bond acceptors (Lipinski definition) is 2. The van der Waals surface area contributed by atoms with Gasteiger partial charge in [-0.1, -0.05) is 45.4 Å². The normalized spacial score (nSPS) is 24.4. The van der Waals surface area contributed by atoms with Crippen LogP contribution in [0, 0.1) is 5.92 Å². The van der Waals surface area contributed by atoms with Gasteiger partial charge in [0.15, 0.2) is 5.11 Å². The second kappa shape index (κ2) is 5.88. The third kappa shape index (κ3) is 3.07. The van der Waals surface area contributed by atoms with Crippen molar-refractivity contribution in [2.24, 2.45) is 5.92 Å². The number of anilines is 1. The van der Waals surface area contributed by atoms with Gasteiger partial charge in [-0.15, -0.1) is 0 Å². The lowest BCUT2D eigenvalue weighted by Crippen LogP contribution is -2.51. The van der Waals surface area contributed by atoms with E-state index in [2.05, 4.69) is 43.6 Å². The summed E-state index contributed by atoms with van der Waals surface area (Å²) in [5.74, 6) is 0.665. The quantitative estimate of drug-likeness (QED) is 0.806. The molecular weight excluding hydrogens is 254 g/mol. The van der Waals surface area contributed by atoms with Crippen LogP contribution in [0.3, 0.4) is 0 Å². The molecule has 19 heavy (non-hydrogen) atoms. The standard InChI is InChI=1S/C15H23N3S/c1-4-12(3)11-15(5-2)16-14(19)18(17-15)13-9-7-6-8-10-13/h6-10,12,17H,4-5,11H2,1-3H3,(H,16,19). The molecule has 104 valence electrons. The van der Waals surface area contributed by atoms with Crippen LogP contribution < -0.4 is 15.8 Å². The van der Waals surface area contributed by atoms with Crippen LogP contribution in [0.15, 0.2) is 30.3 Å². The number of thiocarbonyl (C=S) groups is 1. The average Bonchev–Trinajstić information content (AvgIpc) is 2.77. The Morgan fingerprint density at radius 1 is 1.26 bits per heavy atom. The predicted molar refractivity (Wildman–Crippen MR) is 84.9 cm³/mol. The van der Waals surface area contributed by atoms with E-state index >= 15 is 0 Å². The zero-order valence-corrected chi connectivity index (χ0v) is 12.8. The topological polar surface area (TPSA) is 27.3 Å². The summed E-state index contributed by atoms with van der Waals surface area (Å²) in [6, 6.07) is 10.2. The maximum atomic E-state index is 5.48. The van der Waals surface area contributed by atoms with E-state index in [9.17, 15) is 0 Å². The van der Waals surface area contributed by atoms with E-state index in [-0.39, 0.29) is 5.66 Å². The molecule has 0 radical (unpaired) electrons. The molecule has 1 fully saturated rings. The van der Waals surface area contributed by atoms with E-state index < -0.39 is 0 Å². The molecule has 0 spiro atoms. The molecular formula is C15H23N3S. The fourth-order valence-corrected chi connectivity index (χ4v) is 2.81. The van der Waals surface area contributed by atoms with Crippen LogP contribution >= 0.6 is 12.2 Å². The molecule has 3 nitrogen and oxygen atoms in total. The van der Waals surface area contributed by atoms with Crippen molar-refractivity contribution in [1.29, 1.82) is 0 Å². The fraction of sp³-hybridized carbons (Fsp3) is 0.533. The maximum Gasteiger partial charge on any atom is 0.189 e. The summed E-state index contributed by atoms with van der Waals surface area (Å²) in [5.41, 5.74) is 4.54. The van der Waals surface area contributed by atoms with Crippen molar-refractivity contribution in [3.05, 3.63) is 30.3 Å². The molecule has 4 heteroatoms. The molecule has 2 unspecified atom stereocenters. The van der Waals surface area contributed by atoms with Crippen LogP contribution in [-0.4, -0.2) is 10.8 Å². The zero-order chi connectivity index (χ0) is 13.9. The number of para-hydroxylation sites is 1. The van der Waals surface area contributed by atoms with E-state index in [0.717, 1.165) is 23.6 Å². The molecule has 2 atom stereocenters. The Bertz CT molecular complexity index is 434. The van der Waals surface area contributed by atoms with Crippen LogP contribution in [0.1, 0.15) is 40.0 Å². The van der Waals surface area contributed by atoms with E-state index in [1.807, 2.05) is 23.2 Å². The van der Waals surface area contributed by atoms with Crippen molar-refractivity contribution < 1.29 is 0 Å². The van der Waals surface area contributed by atoms with Gasteiger partial charge in [-0.25, -0.2) is 5.43 Å². The lowest BCUT2D eigenvalue weighted by atomic mass is 9.93. The summed E-state index contributed by atoms with van der Waals surface area (Å²) in [7, 11) is 0. The van der Waals surface area contributed by atoms with Gasteiger partial charge in [-0.05, 0) is 43.1 Å². The zero-order valence-electron chi connectivity index (χ0n) is 11.9. The van der Waals surface area contributed by atoms with Crippen LogP contribution in [0.4, 0.5) is 5.69 Å². The second-order valence-corrected chi connectivity index (χ2v) is 5.75. The van der Waals surface area contributed by atoms with Crippen molar-refractivity contribution in [2.45, 2.75) is 45.7 Å². The monoisotopic (exact) mass is 277 g/mol. The highest BCUT2D eigenvalue weighted by Gasteiger charge is 2.39. The third-order valence-corrected chi connectivity index (χ3v) is 4.17. The van der Waals surface area contributed by atoms with Crippen molar-refractivity contribution >= 4 is 23.0 Å². The molecule has 2 rings (SSSR count). The minimum Gasteiger partial charge on any atom is -0.342 e. The van der Waals surface area contributed by atoms with Crippen LogP contribution in [0.5, 0.6) is 0 Å². The number of nitrogens with zero attached hydrogens (tertiary/aromatic N) is 1. The Kier molecular flexibility index (Phi) is 4.42. The van der Waals surface area contributed by atoms with Crippen molar-refractivity contribution in [1.82, 2.24) is 10.7 Å². The molecule has 0 aliphatic carbocycles. The van der Waals surface area contributed by atoms with Gasteiger partial charge in [0.25, 0.3) is 0 Å². The van der Waals surface area contributed by atoms with Gasteiger partial charge in [0.1, 0.15) is 5.66 Å². The Balaban J connectivity index is 2.17. The van der Waals surface area contributed by atoms with Gasteiger partial charge in [0.2, 0.25) is 0 Å². The minimum atomic E-state index is -0.109. The highest BCUT2D eigenvalue weighted by Crippen LogP contribution is 2.27.